The smallest absolute Gasteiger partial charge is 0.308 e. The van der Waals surface area contributed by atoms with Crippen LogP contribution in [0.5, 0.6) is 0 Å². The Kier molecular flexibility index (Phi) is 9.45. The van der Waals surface area contributed by atoms with E-state index in [1.54, 1.807) is 0 Å². The zero-order valence-corrected chi connectivity index (χ0v) is 24.8. The van der Waals surface area contributed by atoms with Crippen LogP contribution in [0.3, 0.4) is 0 Å². The van der Waals surface area contributed by atoms with Crippen LogP contribution in [0.1, 0.15) is 112 Å². The fraction of sp³-hybridized carbons (Fsp3) is 0.938. The van der Waals surface area contributed by atoms with Gasteiger partial charge >= 0.3 is 11.9 Å². The molecule has 0 aromatic rings. The van der Waals surface area contributed by atoms with Crippen molar-refractivity contribution in [3.8, 4) is 0 Å². The highest BCUT2D eigenvalue weighted by molar-refractivity contribution is 5.72. The Morgan fingerprint density at radius 3 is 2.33 bits per heavy atom. The first kappa shape index (κ1) is 30.8. The molecular weight excluding hydrogens is 496 g/mol. The molecule has 0 amide bonds. The van der Waals surface area contributed by atoms with Gasteiger partial charge in [0.2, 0.25) is 0 Å². The van der Waals surface area contributed by atoms with E-state index in [4.69, 9.17) is 9.84 Å². The van der Waals surface area contributed by atoms with Crippen molar-refractivity contribution in [3.05, 3.63) is 0 Å². The third kappa shape index (κ3) is 5.92. The standard InChI is InChI=1S/C32H54O7/c1-6-18(2)30(38)39-28-17-27-24(8-7-20-14-21(33)11-12-31(20,27)4)26-10-9-25(32(26,28)5)19(3)13-22(34)15-23(35)16-29(36)37/h18-28,33-35H,6-17H2,1-5H3,(H,36,37)/t18-,19+,20+,21+,22-,23-,24-,25+,26-,27-,28-,31-,32+/m0/s1. The molecule has 4 N–H and O–H groups in total. The molecule has 0 saturated heterocycles. The van der Waals surface area contributed by atoms with Crippen LogP contribution in [-0.4, -0.2) is 56.8 Å². The van der Waals surface area contributed by atoms with Crippen molar-refractivity contribution >= 4 is 11.9 Å². The van der Waals surface area contributed by atoms with E-state index in [-0.39, 0.29) is 59.6 Å². The lowest BCUT2D eigenvalue weighted by molar-refractivity contribution is -0.200. The zero-order chi connectivity index (χ0) is 28.7. The fourth-order valence-electron chi connectivity index (χ4n) is 10.0. The summed E-state index contributed by atoms with van der Waals surface area (Å²) < 4.78 is 6.49. The molecule has 224 valence electrons. The first-order valence-corrected chi connectivity index (χ1v) is 15.8. The maximum atomic E-state index is 13.2. The number of fused-ring (bicyclic) bond motifs is 5. The Balaban J connectivity index is 1.58. The van der Waals surface area contributed by atoms with E-state index in [2.05, 4.69) is 20.8 Å². The van der Waals surface area contributed by atoms with E-state index in [0.717, 1.165) is 44.9 Å². The Bertz CT molecular complexity index is 877. The number of carboxylic acids is 1. The molecule has 0 bridgehead atoms. The minimum Gasteiger partial charge on any atom is -0.481 e. The summed E-state index contributed by atoms with van der Waals surface area (Å²) in [6.45, 7) is 10.9. The molecule has 0 unspecified atom stereocenters. The number of hydrogen-bond acceptors (Lipinski definition) is 6. The highest BCUT2D eigenvalue weighted by Crippen LogP contribution is 2.69. The van der Waals surface area contributed by atoms with Crippen LogP contribution in [-0.2, 0) is 14.3 Å². The summed E-state index contributed by atoms with van der Waals surface area (Å²) in [6.07, 6.45) is 6.93. The van der Waals surface area contributed by atoms with Crippen molar-refractivity contribution in [3.63, 3.8) is 0 Å². The quantitative estimate of drug-likeness (QED) is 0.276. The molecule has 13 atom stereocenters. The summed E-state index contributed by atoms with van der Waals surface area (Å²) in [5.41, 5.74) is -0.00876. The Morgan fingerprint density at radius 2 is 1.67 bits per heavy atom. The van der Waals surface area contributed by atoms with E-state index >= 15 is 0 Å². The van der Waals surface area contributed by atoms with Gasteiger partial charge in [-0.25, -0.2) is 0 Å². The maximum Gasteiger partial charge on any atom is 0.308 e. The van der Waals surface area contributed by atoms with Gasteiger partial charge in [-0.3, -0.25) is 9.59 Å². The molecule has 39 heavy (non-hydrogen) atoms. The second kappa shape index (κ2) is 12.0. The molecule has 0 aliphatic heterocycles. The number of esters is 1. The van der Waals surface area contributed by atoms with Gasteiger partial charge in [-0.2, -0.15) is 0 Å². The summed E-state index contributed by atoms with van der Waals surface area (Å²) in [5, 5.41) is 40.3. The summed E-state index contributed by atoms with van der Waals surface area (Å²) in [7, 11) is 0. The minimum absolute atomic E-state index is 0.0617. The molecule has 7 heteroatoms. The Labute approximate surface area is 235 Å². The molecule has 0 aromatic heterocycles. The third-order valence-electron chi connectivity index (χ3n) is 12.3. The predicted octanol–water partition coefficient (Wildman–Crippen LogP) is 5.19. The number of carbonyl (C=O) groups excluding carboxylic acids is 1. The Hall–Kier alpha value is -1.18. The van der Waals surface area contributed by atoms with Gasteiger partial charge in [0.15, 0.2) is 0 Å². The summed E-state index contributed by atoms with van der Waals surface area (Å²) in [5.74, 6) is 1.19. The third-order valence-corrected chi connectivity index (χ3v) is 12.3. The lowest BCUT2D eigenvalue weighted by Crippen LogP contribution is -2.59. The largest absolute Gasteiger partial charge is 0.481 e. The number of carbonyl (C=O) groups is 2. The monoisotopic (exact) mass is 550 g/mol. The lowest BCUT2D eigenvalue weighted by Gasteiger charge is -2.62. The minimum atomic E-state index is -1.06. The van der Waals surface area contributed by atoms with Gasteiger partial charge in [-0.05, 0) is 112 Å². The molecule has 4 saturated carbocycles. The molecule has 0 radical (unpaired) electrons. The van der Waals surface area contributed by atoms with E-state index < -0.39 is 18.2 Å². The lowest BCUT2D eigenvalue weighted by atomic mass is 9.43. The maximum absolute atomic E-state index is 13.2. The number of carboxylic acid groups (broad SMARTS) is 1. The van der Waals surface area contributed by atoms with Crippen LogP contribution in [0.2, 0.25) is 0 Å². The normalized spacial score (nSPS) is 42.8. The Morgan fingerprint density at radius 1 is 0.949 bits per heavy atom. The topological polar surface area (TPSA) is 124 Å². The number of hydrogen-bond donors (Lipinski definition) is 4. The van der Waals surface area contributed by atoms with Crippen LogP contribution in [0.25, 0.3) is 0 Å². The summed E-state index contributed by atoms with van der Waals surface area (Å²) >= 11 is 0. The van der Waals surface area contributed by atoms with Crippen LogP contribution in [0, 0.1) is 52.3 Å². The van der Waals surface area contributed by atoms with Crippen LogP contribution in [0.4, 0.5) is 0 Å². The average Bonchev–Trinajstić information content (AvgIpc) is 3.22. The summed E-state index contributed by atoms with van der Waals surface area (Å²) in [4.78, 5) is 24.2. The number of aliphatic carboxylic acids is 1. The molecule has 0 aromatic carbocycles. The van der Waals surface area contributed by atoms with Crippen LogP contribution < -0.4 is 0 Å². The van der Waals surface area contributed by atoms with Crippen molar-refractivity contribution in [2.24, 2.45) is 52.3 Å². The fourth-order valence-corrected chi connectivity index (χ4v) is 10.0. The molecule has 4 aliphatic carbocycles. The number of aliphatic hydroxyl groups is 3. The van der Waals surface area contributed by atoms with Crippen LogP contribution in [0.15, 0.2) is 0 Å². The molecule has 4 rings (SSSR count). The molecule has 0 spiro atoms. The molecule has 4 fully saturated rings. The van der Waals surface area contributed by atoms with Crippen molar-refractivity contribution in [1.82, 2.24) is 0 Å². The van der Waals surface area contributed by atoms with Crippen molar-refractivity contribution < 1.29 is 34.8 Å². The molecule has 4 aliphatic rings. The van der Waals surface area contributed by atoms with E-state index in [0.29, 0.717) is 30.1 Å². The highest BCUT2D eigenvalue weighted by Gasteiger charge is 2.65. The van der Waals surface area contributed by atoms with E-state index in [1.807, 2.05) is 13.8 Å². The van der Waals surface area contributed by atoms with Gasteiger partial charge in [-0.1, -0.05) is 34.6 Å². The summed E-state index contributed by atoms with van der Waals surface area (Å²) in [6, 6.07) is 0. The van der Waals surface area contributed by atoms with Gasteiger partial charge in [-0.15, -0.1) is 0 Å². The average molecular weight is 551 g/mol. The predicted molar refractivity (Wildman–Crippen MR) is 149 cm³/mol. The van der Waals surface area contributed by atoms with Crippen molar-refractivity contribution in [2.75, 3.05) is 0 Å². The van der Waals surface area contributed by atoms with E-state index in [1.165, 1.54) is 12.8 Å². The molecular formula is C32H54O7. The second-order valence-electron chi connectivity index (χ2n) is 14.5. The van der Waals surface area contributed by atoms with Gasteiger partial charge < -0.3 is 25.2 Å². The number of ether oxygens (including phenoxy) is 1. The van der Waals surface area contributed by atoms with Crippen molar-refractivity contribution in [1.29, 1.82) is 0 Å². The molecule has 0 heterocycles. The zero-order valence-electron chi connectivity index (χ0n) is 24.8. The van der Waals surface area contributed by atoms with Gasteiger partial charge in [0.1, 0.15) is 6.10 Å². The first-order valence-electron chi connectivity index (χ1n) is 15.8. The van der Waals surface area contributed by atoms with Gasteiger partial charge in [0.25, 0.3) is 0 Å². The van der Waals surface area contributed by atoms with Gasteiger partial charge in [0.05, 0.1) is 30.7 Å². The SMILES string of the molecule is CC[C@H](C)C(=O)O[C@H]1C[C@H]2[C@@H](CC[C@@H]3C[C@H](O)CC[C@@]32C)[C@@H]2CC[C@H]([C@H](C)C[C@H](O)C[C@H](O)CC(=O)O)[C@@]12C. The molecule has 7 nitrogen and oxygen atoms in total. The van der Waals surface area contributed by atoms with Crippen LogP contribution >= 0.6 is 0 Å². The number of aliphatic hydroxyl groups excluding tert-OH is 3. The number of rotatable bonds is 10. The van der Waals surface area contributed by atoms with Gasteiger partial charge in [0, 0.05) is 5.41 Å². The van der Waals surface area contributed by atoms with Crippen molar-refractivity contribution in [2.45, 2.75) is 136 Å². The highest BCUT2D eigenvalue weighted by atomic mass is 16.5. The van der Waals surface area contributed by atoms with E-state index in [9.17, 15) is 24.9 Å². The first-order chi connectivity index (χ1) is 18.3. The second-order valence-corrected chi connectivity index (χ2v) is 14.5.